The summed E-state index contributed by atoms with van der Waals surface area (Å²) in [4.78, 5) is 34.1. The number of carbonyl (C=O) groups excluding carboxylic acids is 2. The molecule has 2 heterocycles. The first kappa shape index (κ1) is 35.9. The maximum Gasteiger partial charge on any atom is 0.492 e. The molecule has 1 aliphatic rings. The molecule has 4 aromatic rings. The van der Waals surface area contributed by atoms with Gasteiger partial charge in [0.1, 0.15) is 17.1 Å². The summed E-state index contributed by atoms with van der Waals surface area (Å²) in [6.45, 7) is 0. The molecule has 3 aromatic carbocycles. The van der Waals surface area contributed by atoms with Crippen LogP contribution >= 0.6 is 22.4 Å². The number of alkyl halides is 6. The van der Waals surface area contributed by atoms with Crippen molar-refractivity contribution in [1.82, 2.24) is 19.2 Å². The molecule has 1 fully saturated rings. The number of H-pyrrole nitrogens is 1. The lowest BCUT2D eigenvalue weighted by atomic mass is 9.97. The molecule has 0 bridgehead atoms. The average Bonchev–Trinajstić information content (AvgIpc) is 3.56. The van der Waals surface area contributed by atoms with Crippen LogP contribution in [0.2, 0.25) is 5.02 Å². The number of nitriles is 1. The highest BCUT2D eigenvalue weighted by Gasteiger charge is 2.48. The molecule has 12 nitrogen and oxygen atoms in total. The maximum atomic E-state index is 13.9. The number of hydrogen-bond acceptors (Lipinski definition) is 9. The number of carbonyl (C=O) groups is 2. The molecular formula is C28H20ClF6N5O7S2. The largest absolute Gasteiger partial charge is 0.492 e. The van der Waals surface area contributed by atoms with Crippen molar-refractivity contribution in [2.75, 3.05) is 0 Å². The van der Waals surface area contributed by atoms with Crippen molar-refractivity contribution in [3.05, 3.63) is 93.8 Å². The molecule has 4 N–H and O–H groups in total. The van der Waals surface area contributed by atoms with Gasteiger partial charge in [-0.2, -0.15) is 31.6 Å². The Balaban J connectivity index is 1.69. The number of nitrogens with zero attached hydrogens (tertiary/aromatic N) is 3. The van der Waals surface area contributed by atoms with Crippen molar-refractivity contribution < 1.29 is 58.3 Å². The van der Waals surface area contributed by atoms with E-state index in [4.69, 9.17) is 11.6 Å². The van der Waals surface area contributed by atoms with Crippen LogP contribution in [0, 0.1) is 11.3 Å². The number of imidazole rings is 1. The van der Waals surface area contributed by atoms with E-state index < -0.39 is 94.9 Å². The van der Waals surface area contributed by atoms with E-state index in [0.29, 0.717) is 12.1 Å². The lowest BCUT2D eigenvalue weighted by molar-refractivity contribution is -0.227. The van der Waals surface area contributed by atoms with Gasteiger partial charge >= 0.3 is 18.3 Å². The molecule has 2 atom stereocenters. The van der Waals surface area contributed by atoms with Crippen LogP contribution < -0.4 is 4.72 Å². The average molecular weight is 752 g/mol. The van der Waals surface area contributed by atoms with Crippen molar-refractivity contribution in [2.45, 2.75) is 41.4 Å². The quantitative estimate of drug-likeness (QED) is 0.118. The van der Waals surface area contributed by atoms with Crippen LogP contribution in [-0.2, 0) is 37.0 Å². The molecule has 0 aliphatic carbocycles. The van der Waals surface area contributed by atoms with Crippen LogP contribution in [0.1, 0.15) is 45.8 Å². The fourth-order valence-electron chi connectivity index (χ4n) is 4.98. The standard InChI is InChI=1S/C28H20ClF6N5O7S2/c29-19-8-6-16(11-18(19)27(30,31)32)49(45,46)40(47-26(42)28(33,34)35)22(25-37-20-3-1-2-4-21(20)38-25)10-14-5-7-17(15(9-14)13-36)23-12-24(41)39-48(23,43)44/h1-9,11,22-23,43-44H,10,12H2,(H,37,38)(H,39,41)/t22-,23?/m0/s1. The Bertz CT molecular complexity index is 2090. The van der Waals surface area contributed by atoms with Gasteiger partial charge in [-0.25, -0.2) is 18.2 Å². The second kappa shape index (κ2) is 12.8. The molecule has 1 saturated heterocycles. The summed E-state index contributed by atoms with van der Waals surface area (Å²) < 4.78 is 132. The molecule has 260 valence electrons. The first-order valence-corrected chi connectivity index (χ1v) is 16.9. The van der Waals surface area contributed by atoms with E-state index in [9.17, 15) is 58.7 Å². The first-order valence-electron chi connectivity index (χ1n) is 13.5. The lowest BCUT2D eigenvalue weighted by Crippen LogP contribution is -2.42. The van der Waals surface area contributed by atoms with E-state index in [1.54, 1.807) is 6.07 Å². The molecule has 0 spiro atoms. The van der Waals surface area contributed by atoms with Crippen LogP contribution in [0.4, 0.5) is 26.3 Å². The Hall–Kier alpha value is -4.39. The predicted octanol–water partition coefficient (Wildman–Crippen LogP) is 6.33. The first-order chi connectivity index (χ1) is 22.7. The van der Waals surface area contributed by atoms with E-state index in [1.807, 2.05) is 4.72 Å². The number of amides is 1. The van der Waals surface area contributed by atoms with Crippen LogP contribution in [0.25, 0.3) is 11.0 Å². The van der Waals surface area contributed by atoms with Crippen LogP contribution in [0.15, 0.2) is 65.6 Å². The zero-order valence-corrected chi connectivity index (χ0v) is 26.5. The van der Waals surface area contributed by atoms with Gasteiger partial charge in [-0.15, -0.1) is 10.8 Å². The monoisotopic (exact) mass is 751 g/mol. The highest BCUT2D eigenvalue weighted by atomic mass is 35.5. The number of rotatable bonds is 8. The number of nitrogens with one attached hydrogen (secondary N) is 2. The molecule has 1 aliphatic heterocycles. The minimum Gasteiger partial charge on any atom is -0.344 e. The number of fused-ring (bicyclic) bond motifs is 1. The molecule has 1 aromatic heterocycles. The van der Waals surface area contributed by atoms with Gasteiger partial charge in [-0.05, 0) is 58.4 Å². The van der Waals surface area contributed by atoms with E-state index in [2.05, 4.69) is 14.8 Å². The predicted molar refractivity (Wildman–Crippen MR) is 160 cm³/mol. The van der Waals surface area contributed by atoms with Gasteiger partial charge in [-0.1, -0.05) is 35.9 Å². The number of hydroxylamine groups is 1. The Morgan fingerprint density at radius 3 is 2.41 bits per heavy atom. The van der Waals surface area contributed by atoms with Crippen molar-refractivity contribution >= 4 is 55.3 Å². The number of aromatic amines is 1. The maximum absolute atomic E-state index is 13.9. The summed E-state index contributed by atoms with van der Waals surface area (Å²) in [5.41, 5.74) is -1.50. The third-order valence-electron chi connectivity index (χ3n) is 7.21. The van der Waals surface area contributed by atoms with Gasteiger partial charge in [0.25, 0.3) is 10.0 Å². The highest BCUT2D eigenvalue weighted by Crippen LogP contribution is 2.56. The fourth-order valence-corrected chi connectivity index (χ4v) is 8.10. The minimum atomic E-state index is -5.78. The third-order valence-corrected chi connectivity index (χ3v) is 10.9. The summed E-state index contributed by atoms with van der Waals surface area (Å²) in [6, 6.07) is 10.4. The summed E-state index contributed by atoms with van der Waals surface area (Å²) in [5.74, 6) is -4.18. The normalized spacial score (nSPS) is 17.8. The van der Waals surface area contributed by atoms with Crippen molar-refractivity contribution in [1.29, 1.82) is 5.26 Å². The topological polar surface area (TPSA) is 186 Å². The Labute approximate surface area is 278 Å². The molecule has 49 heavy (non-hydrogen) atoms. The second-order valence-electron chi connectivity index (χ2n) is 10.5. The Morgan fingerprint density at radius 2 is 1.82 bits per heavy atom. The van der Waals surface area contributed by atoms with Crippen LogP contribution in [-0.4, -0.2) is 50.0 Å². The smallest absolute Gasteiger partial charge is 0.344 e. The Kier molecular flexibility index (Phi) is 9.39. The lowest BCUT2D eigenvalue weighted by Gasteiger charge is -2.33. The van der Waals surface area contributed by atoms with Crippen molar-refractivity contribution in [3.63, 3.8) is 0 Å². The molecule has 1 amide bonds. The summed E-state index contributed by atoms with van der Waals surface area (Å²) >= 11 is 5.62. The van der Waals surface area contributed by atoms with Gasteiger partial charge < -0.3 is 9.82 Å². The van der Waals surface area contributed by atoms with E-state index >= 15 is 0 Å². The second-order valence-corrected chi connectivity index (χ2v) is 14.6. The summed E-state index contributed by atoms with van der Waals surface area (Å²) in [6.07, 6.45) is -12.1. The molecule has 0 saturated carbocycles. The molecule has 21 heteroatoms. The van der Waals surface area contributed by atoms with Gasteiger partial charge in [0, 0.05) is 0 Å². The van der Waals surface area contributed by atoms with Gasteiger partial charge in [0.15, 0.2) is 0 Å². The van der Waals surface area contributed by atoms with Gasteiger partial charge in [0.2, 0.25) is 5.91 Å². The molecule has 1 unspecified atom stereocenters. The number of sulfonamides is 1. The molecular weight excluding hydrogens is 732 g/mol. The third kappa shape index (κ3) is 7.31. The number of benzene rings is 3. The Morgan fingerprint density at radius 1 is 1.12 bits per heavy atom. The van der Waals surface area contributed by atoms with E-state index in [0.717, 1.165) is 6.07 Å². The minimum absolute atomic E-state index is 0.00120. The number of aromatic nitrogens is 2. The van der Waals surface area contributed by atoms with Gasteiger partial charge in [0.05, 0.1) is 44.6 Å². The zero-order chi connectivity index (χ0) is 36.1. The fraction of sp³-hybridized carbons (Fsp3) is 0.214. The van der Waals surface area contributed by atoms with Crippen LogP contribution in [0.5, 0.6) is 0 Å². The number of halogens is 7. The van der Waals surface area contributed by atoms with Crippen LogP contribution in [0.3, 0.4) is 0 Å². The molecule has 0 radical (unpaired) electrons. The molecule has 5 rings (SSSR count). The number of para-hydroxylation sites is 2. The van der Waals surface area contributed by atoms with E-state index in [1.165, 1.54) is 36.4 Å². The highest BCUT2D eigenvalue weighted by molar-refractivity contribution is 8.23. The van der Waals surface area contributed by atoms with E-state index in [-0.39, 0.29) is 33.8 Å². The SMILES string of the molecule is N#Cc1cc(C[C@@H](c2nc3ccccc3[nH]2)N(OC(=O)C(F)(F)F)S(=O)(=O)c2ccc(Cl)c(C(F)(F)F)c2)ccc1C1CC(=O)NS1(O)O. The zero-order valence-electron chi connectivity index (χ0n) is 24.1. The van der Waals surface area contributed by atoms with Crippen molar-refractivity contribution in [2.24, 2.45) is 0 Å². The summed E-state index contributed by atoms with van der Waals surface area (Å²) in [7, 11) is -9.35. The number of hydrogen-bond donors (Lipinski definition) is 4. The van der Waals surface area contributed by atoms with Crippen molar-refractivity contribution in [3.8, 4) is 6.07 Å². The van der Waals surface area contributed by atoms with Gasteiger partial charge in [-0.3, -0.25) is 18.6 Å². The summed E-state index contributed by atoms with van der Waals surface area (Å²) in [5, 5.41) is 7.68.